The molecule has 3 saturated carbocycles. The first-order chi connectivity index (χ1) is 18.7. The van der Waals surface area contributed by atoms with Gasteiger partial charge in [-0.05, 0) is 85.9 Å². The van der Waals surface area contributed by atoms with Gasteiger partial charge in [-0.2, -0.15) is 0 Å². The van der Waals surface area contributed by atoms with Crippen LogP contribution in [0.5, 0.6) is 0 Å². The highest BCUT2D eigenvalue weighted by Crippen LogP contribution is 2.67. The average molecular weight is 543 g/mol. The van der Waals surface area contributed by atoms with Gasteiger partial charge in [0.25, 0.3) is 0 Å². The molecule has 4 rings (SSSR count). The van der Waals surface area contributed by atoms with Gasteiger partial charge in [0.15, 0.2) is 0 Å². The van der Waals surface area contributed by atoms with Gasteiger partial charge >= 0.3 is 0 Å². The largest absolute Gasteiger partial charge is 0.393 e. The first kappa shape index (κ1) is 31.6. The van der Waals surface area contributed by atoms with E-state index in [1.54, 1.807) is 5.57 Å². The minimum atomic E-state index is -0.221. The lowest BCUT2D eigenvalue weighted by Gasteiger charge is -2.60. The number of unbranched alkanes of at least 4 members (excludes halogenated alkanes) is 7. The second kappa shape index (κ2) is 14.2. The fraction of sp³-hybridized carbons (Fsp3) is 0.946. The van der Waals surface area contributed by atoms with E-state index in [1.807, 2.05) is 0 Å². The molecule has 0 bridgehead atoms. The first-order valence-electron chi connectivity index (χ1n) is 17.7. The lowest BCUT2D eigenvalue weighted by molar-refractivity contribution is -0.131. The highest BCUT2D eigenvalue weighted by Gasteiger charge is 2.61. The molecule has 226 valence electrons. The highest BCUT2D eigenvalue weighted by molar-refractivity contribution is 5.28. The van der Waals surface area contributed by atoms with Crippen molar-refractivity contribution in [3.63, 3.8) is 0 Å². The fourth-order valence-corrected chi connectivity index (χ4v) is 10.4. The smallest absolute Gasteiger partial charge is 0.0693 e. The molecule has 0 amide bonds. The topological polar surface area (TPSA) is 29.5 Å². The van der Waals surface area contributed by atoms with Crippen molar-refractivity contribution in [1.29, 1.82) is 0 Å². The van der Waals surface area contributed by atoms with Gasteiger partial charge in [-0.3, -0.25) is 0 Å². The number of aliphatic hydroxyl groups excluding tert-OH is 1. The summed E-state index contributed by atoms with van der Waals surface area (Å²) in [6.45, 7) is 15.8. The Kier molecular flexibility index (Phi) is 11.5. The Hall–Kier alpha value is -0.340. The van der Waals surface area contributed by atoms with Gasteiger partial charge in [-0.25, -0.2) is 0 Å². The van der Waals surface area contributed by atoms with Gasteiger partial charge in [0.2, 0.25) is 0 Å². The maximum atomic E-state index is 10.8. The van der Waals surface area contributed by atoms with Crippen molar-refractivity contribution in [2.45, 2.75) is 169 Å². The summed E-state index contributed by atoms with van der Waals surface area (Å²) in [7, 11) is 0. The maximum Gasteiger partial charge on any atom is 0.0693 e. The number of ether oxygens (including phenoxy) is 1. The zero-order valence-electron chi connectivity index (χ0n) is 27.0. The van der Waals surface area contributed by atoms with Crippen molar-refractivity contribution in [2.24, 2.45) is 46.3 Å². The molecular formula is C37H66O2. The molecule has 1 unspecified atom stereocenters. The van der Waals surface area contributed by atoms with Crippen LogP contribution in [0.15, 0.2) is 11.6 Å². The summed E-state index contributed by atoms with van der Waals surface area (Å²) >= 11 is 0. The Balaban J connectivity index is 1.37. The molecule has 0 aliphatic heterocycles. The molecular weight excluding hydrogens is 476 g/mol. The molecule has 0 spiro atoms. The van der Waals surface area contributed by atoms with Gasteiger partial charge < -0.3 is 9.84 Å². The summed E-state index contributed by atoms with van der Waals surface area (Å²) in [5.74, 6) is 5.05. The van der Waals surface area contributed by atoms with Crippen LogP contribution in [0, 0.1) is 46.3 Å². The maximum absolute atomic E-state index is 10.8. The lowest BCUT2D eigenvalue weighted by Crippen LogP contribution is -2.56. The van der Waals surface area contributed by atoms with Crippen molar-refractivity contribution in [2.75, 3.05) is 6.61 Å². The molecule has 1 N–H and O–H groups in total. The Bertz CT molecular complexity index is 771. The van der Waals surface area contributed by atoms with Crippen molar-refractivity contribution in [3.8, 4) is 0 Å². The molecule has 4 aliphatic carbocycles. The Morgan fingerprint density at radius 1 is 0.897 bits per heavy atom. The van der Waals surface area contributed by atoms with Gasteiger partial charge in [0.05, 0.1) is 12.2 Å². The quantitative estimate of drug-likeness (QED) is 0.165. The number of allylic oxidation sites excluding steroid dienone is 1. The number of rotatable bonds is 15. The minimum absolute atomic E-state index is 0.130. The molecule has 0 saturated heterocycles. The molecule has 3 fully saturated rings. The molecule has 0 aromatic rings. The fourth-order valence-electron chi connectivity index (χ4n) is 10.4. The van der Waals surface area contributed by atoms with E-state index in [9.17, 15) is 5.11 Å². The van der Waals surface area contributed by atoms with Crippen LogP contribution >= 0.6 is 0 Å². The van der Waals surface area contributed by atoms with Gasteiger partial charge in [0, 0.05) is 18.4 Å². The van der Waals surface area contributed by atoms with E-state index in [0.717, 1.165) is 55.0 Å². The summed E-state index contributed by atoms with van der Waals surface area (Å²) in [4.78, 5) is 0. The van der Waals surface area contributed by atoms with Gasteiger partial charge in [-0.15, -0.1) is 0 Å². The molecule has 2 heteroatoms. The summed E-state index contributed by atoms with van der Waals surface area (Å²) in [6, 6.07) is 0. The Morgan fingerprint density at radius 3 is 2.33 bits per heavy atom. The van der Waals surface area contributed by atoms with Crippen LogP contribution in [-0.2, 0) is 4.74 Å². The average Bonchev–Trinajstić information content (AvgIpc) is 3.25. The molecule has 2 nitrogen and oxygen atoms in total. The van der Waals surface area contributed by atoms with E-state index in [0.29, 0.717) is 5.41 Å². The van der Waals surface area contributed by atoms with Crippen molar-refractivity contribution < 1.29 is 9.84 Å². The molecule has 0 aromatic carbocycles. The number of hydrogen-bond donors (Lipinski definition) is 1. The SMILES string of the molecule is CCCCCCCCCCOC1C[C@@H](O)CC2=CC[C@H]3[C@@H]4CC[C@H]([C@H](C)CCCC(C)C)[C@@]4(C)CC[C@@H]3[C@]21C. The van der Waals surface area contributed by atoms with E-state index in [-0.39, 0.29) is 17.6 Å². The molecule has 4 aliphatic rings. The third-order valence-corrected chi connectivity index (χ3v) is 12.7. The first-order valence-corrected chi connectivity index (χ1v) is 17.7. The minimum Gasteiger partial charge on any atom is -0.393 e. The van der Waals surface area contributed by atoms with Crippen LogP contribution in [0.3, 0.4) is 0 Å². The highest BCUT2D eigenvalue weighted by atomic mass is 16.5. The van der Waals surface area contributed by atoms with Crippen LogP contribution in [0.1, 0.15) is 157 Å². The molecule has 0 aromatic heterocycles. The predicted molar refractivity (Wildman–Crippen MR) is 167 cm³/mol. The third kappa shape index (κ3) is 7.01. The van der Waals surface area contributed by atoms with Crippen LogP contribution in [0.2, 0.25) is 0 Å². The molecule has 0 radical (unpaired) electrons. The summed E-state index contributed by atoms with van der Waals surface area (Å²) in [5, 5.41) is 10.8. The number of hydrogen-bond acceptors (Lipinski definition) is 2. The van der Waals surface area contributed by atoms with Crippen molar-refractivity contribution >= 4 is 0 Å². The van der Waals surface area contributed by atoms with E-state index in [2.05, 4.69) is 47.6 Å². The number of fused-ring (bicyclic) bond motifs is 5. The predicted octanol–water partition coefficient (Wildman–Crippen LogP) is 10.5. The zero-order valence-corrected chi connectivity index (χ0v) is 27.0. The summed E-state index contributed by atoms with van der Waals surface area (Å²) < 4.78 is 6.78. The van der Waals surface area contributed by atoms with E-state index in [4.69, 9.17) is 4.74 Å². The molecule has 39 heavy (non-hydrogen) atoms. The summed E-state index contributed by atoms with van der Waals surface area (Å²) in [6.07, 6.45) is 26.2. The third-order valence-electron chi connectivity index (χ3n) is 12.7. The number of aliphatic hydroxyl groups is 1. The zero-order chi connectivity index (χ0) is 28.0. The monoisotopic (exact) mass is 543 g/mol. The second-order valence-corrected chi connectivity index (χ2v) is 15.6. The standard InChI is InChI=1S/C37H66O2/c1-7-8-9-10-11-12-13-14-24-39-35-26-30(38)25-29-18-19-31-33-21-20-32(28(4)17-15-16-27(2)3)36(33,5)23-22-34(31)37(29,35)6/h18,27-28,30-35,38H,7-17,19-26H2,1-6H3/t28-,30+,31+,32-,33+,34+,35?,36-,37+/m1/s1. The molecule has 0 heterocycles. The van der Waals surface area contributed by atoms with Crippen LogP contribution < -0.4 is 0 Å². The molecule has 9 atom stereocenters. The van der Waals surface area contributed by atoms with Crippen LogP contribution in [0.25, 0.3) is 0 Å². The Morgan fingerprint density at radius 2 is 1.62 bits per heavy atom. The van der Waals surface area contributed by atoms with E-state index in [1.165, 1.54) is 103 Å². The van der Waals surface area contributed by atoms with Crippen molar-refractivity contribution in [3.05, 3.63) is 11.6 Å². The van der Waals surface area contributed by atoms with Gasteiger partial charge in [-0.1, -0.05) is 117 Å². The summed E-state index contributed by atoms with van der Waals surface area (Å²) in [5.41, 5.74) is 2.20. The lowest BCUT2D eigenvalue weighted by atomic mass is 9.46. The van der Waals surface area contributed by atoms with Crippen molar-refractivity contribution in [1.82, 2.24) is 0 Å². The van der Waals surface area contributed by atoms with Gasteiger partial charge in [0.1, 0.15) is 0 Å². The Labute approximate surface area is 243 Å². The van der Waals surface area contributed by atoms with E-state index >= 15 is 0 Å². The normalized spacial score (nSPS) is 38.7. The second-order valence-electron chi connectivity index (χ2n) is 15.6. The van der Waals surface area contributed by atoms with E-state index < -0.39 is 0 Å². The van der Waals surface area contributed by atoms with Crippen LogP contribution in [0.4, 0.5) is 0 Å². The van der Waals surface area contributed by atoms with Crippen LogP contribution in [-0.4, -0.2) is 23.9 Å².